The molecule has 0 fully saturated rings. The fourth-order valence-electron chi connectivity index (χ4n) is 3.94. The number of nitro benzene ring substituents is 1. The topological polar surface area (TPSA) is 148 Å². The van der Waals surface area contributed by atoms with E-state index >= 15 is 0 Å². The Morgan fingerprint density at radius 2 is 1.48 bits per heavy atom. The maximum absolute atomic E-state index is 13.4. The first-order valence-corrected chi connectivity index (χ1v) is 14.3. The minimum absolute atomic E-state index is 0.0636. The van der Waals surface area contributed by atoms with E-state index in [9.17, 15) is 29.3 Å². The molecule has 0 aromatic heterocycles. The van der Waals surface area contributed by atoms with Crippen LogP contribution in [0.1, 0.15) is 40.1 Å². The molecule has 44 heavy (non-hydrogen) atoms. The van der Waals surface area contributed by atoms with Gasteiger partial charge in [-0.2, -0.15) is 0 Å². The highest BCUT2D eigenvalue weighted by atomic mass is 32.2. The Kier molecular flexibility index (Phi) is 10.4. The normalized spacial score (nSPS) is 11.6. The predicted molar refractivity (Wildman–Crippen MR) is 170 cm³/mol. The van der Waals surface area contributed by atoms with E-state index in [0.29, 0.717) is 33.0 Å². The van der Waals surface area contributed by atoms with Gasteiger partial charge in [0.25, 0.3) is 17.5 Å². The van der Waals surface area contributed by atoms with Crippen LogP contribution in [-0.4, -0.2) is 33.7 Å². The van der Waals surface area contributed by atoms with Gasteiger partial charge in [-0.25, -0.2) is 0 Å². The largest absolute Gasteiger partial charge is 0.325 e. The van der Waals surface area contributed by atoms with Crippen LogP contribution in [0.15, 0.2) is 114 Å². The molecule has 11 heteroatoms. The molecule has 0 aliphatic carbocycles. The maximum Gasteiger partial charge on any atom is 0.272 e. The number of anilines is 2. The monoisotopic (exact) mass is 608 g/mol. The van der Waals surface area contributed by atoms with Gasteiger partial charge in [0, 0.05) is 39.5 Å². The van der Waals surface area contributed by atoms with Crippen LogP contribution >= 0.6 is 11.8 Å². The Labute approximate surface area is 257 Å². The predicted octanol–water partition coefficient (Wildman–Crippen LogP) is 6.33. The number of nitrogens with one attached hydrogen (secondary N) is 3. The molecule has 0 aliphatic rings. The van der Waals surface area contributed by atoms with Crippen LogP contribution in [-0.2, 0) is 9.59 Å². The number of Topliss-reactive ketones (excluding diaryl/α,β-unsaturated/α-hetero) is 1. The number of ketones is 1. The van der Waals surface area contributed by atoms with Gasteiger partial charge in [-0.05, 0) is 92.2 Å². The van der Waals surface area contributed by atoms with Gasteiger partial charge in [-0.1, -0.05) is 24.3 Å². The molecule has 10 nitrogen and oxygen atoms in total. The summed E-state index contributed by atoms with van der Waals surface area (Å²) in [6.45, 7) is 3.22. The molecule has 0 spiro atoms. The van der Waals surface area contributed by atoms with E-state index in [4.69, 9.17) is 0 Å². The molecule has 0 radical (unpaired) electrons. The third kappa shape index (κ3) is 8.73. The minimum atomic E-state index is -0.616. The number of non-ortho nitro benzene ring substituents is 1. The Morgan fingerprint density at radius 1 is 0.795 bits per heavy atom. The van der Waals surface area contributed by atoms with Crippen molar-refractivity contribution < 1.29 is 24.1 Å². The number of nitrogens with zero attached hydrogens (tertiary/aromatic N) is 1. The number of carbonyl (C=O) groups is 4. The van der Waals surface area contributed by atoms with Gasteiger partial charge in [0.2, 0.25) is 5.91 Å². The number of amides is 3. The summed E-state index contributed by atoms with van der Waals surface area (Å²) < 4.78 is 0. The van der Waals surface area contributed by atoms with Gasteiger partial charge >= 0.3 is 0 Å². The van der Waals surface area contributed by atoms with E-state index in [2.05, 4.69) is 16.0 Å². The van der Waals surface area contributed by atoms with Crippen molar-refractivity contribution >= 4 is 58.4 Å². The molecule has 222 valence electrons. The minimum Gasteiger partial charge on any atom is -0.325 e. The lowest BCUT2D eigenvalue weighted by Crippen LogP contribution is -2.30. The summed E-state index contributed by atoms with van der Waals surface area (Å²) >= 11 is 1.29. The molecule has 0 saturated heterocycles. The third-order valence-corrected chi connectivity index (χ3v) is 7.37. The molecule has 1 unspecified atom stereocenters. The van der Waals surface area contributed by atoms with Crippen molar-refractivity contribution in [1.29, 1.82) is 0 Å². The second kappa shape index (κ2) is 14.6. The Morgan fingerprint density at radius 3 is 2.11 bits per heavy atom. The van der Waals surface area contributed by atoms with Crippen molar-refractivity contribution in [3.8, 4) is 0 Å². The van der Waals surface area contributed by atoms with E-state index < -0.39 is 22.0 Å². The molecular weight excluding hydrogens is 580 g/mol. The summed E-state index contributed by atoms with van der Waals surface area (Å²) in [5, 5.41) is 18.8. The maximum atomic E-state index is 13.4. The second-order valence-corrected chi connectivity index (χ2v) is 11.0. The molecule has 4 aromatic carbocycles. The Balaban J connectivity index is 1.47. The van der Waals surface area contributed by atoms with Crippen molar-refractivity contribution in [2.45, 2.75) is 24.0 Å². The summed E-state index contributed by atoms with van der Waals surface area (Å²) in [5.41, 5.74) is 2.17. The van der Waals surface area contributed by atoms with Crippen molar-refractivity contribution in [3.05, 3.63) is 136 Å². The van der Waals surface area contributed by atoms with Crippen molar-refractivity contribution in [2.24, 2.45) is 0 Å². The summed E-state index contributed by atoms with van der Waals surface area (Å²) in [4.78, 5) is 61.7. The first-order valence-electron chi connectivity index (χ1n) is 13.4. The highest BCUT2D eigenvalue weighted by Gasteiger charge is 2.18. The molecule has 4 aromatic rings. The first kappa shape index (κ1) is 31.4. The fraction of sp³-hybridized carbons (Fsp3) is 0.0909. The van der Waals surface area contributed by atoms with Crippen molar-refractivity contribution in [1.82, 2.24) is 5.32 Å². The van der Waals surface area contributed by atoms with Gasteiger partial charge in [0.1, 0.15) is 5.70 Å². The highest BCUT2D eigenvalue weighted by molar-refractivity contribution is 8.00. The Bertz CT molecular complexity index is 1720. The number of benzene rings is 4. The zero-order valence-corrected chi connectivity index (χ0v) is 24.6. The van der Waals surface area contributed by atoms with Crippen LogP contribution < -0.4 is 16.0 Å². The smallest absolute Gasteiger partial charge is 0.272 e. The van der Waals surface area contributed by atoms with Crippen molar-refractivity contribution in [3.63, 3.8) is 0 Å². The van der Waals surface area contributed by atoms with Crippen LogP contribution in [0.3, 0.4) is 0 Å². The van der Waals surface area contributed by atoms with Gasteiger partial charge < -0.3 is 16.0 Å². The third-order valence-electron chi connectivity index (χ3n) is 6.28. The number of rotatable bonds is 11. The quantitative estimate of drug-likeness (QED) is 0.0593. The number of thioether (sulfide) groups is 1. The zero-order valence-electron chi connectivity index (χ0n) is 23.8. The average Bonchev–Trinajstić information content (AvgIpc) is 3.01. The molecule has 0 bridgehead atoms. The van der Waals surface area contributed by atoms with E-state index in [1.807, 2.05) is 0 Å². The lowest BCUT2D eigenvalue weighted by Gasteiger charge is -2.14. The lowest BCUT2D eigenvalue weighted by atomic mass is 10.1. The Hall–Kier alpha value is -5.55. The zero-order chi connectivity index (χ0) is 31.6. The van der Waals surface area contributed by atoms with Crippen LogP contribution in [0.5, 0.6) is 0 Å². The summed E-state index contributed by atoms with van der Waals surface area (Å²) in [6.07, 6.45) is 1.42. The molecule has 0 heterocycles. The first-order chi connectivity index (χ1) is 21.1. The SMILES string of the molecule is CC(=O)c1ccc(NC(=O)C(C)Sc2cccc(NC(=O)/C(=C\c3ccc([N+](=O)[O-])cc3)NC(=O)c3ccccc3)c2)cc1. The molecule has 1 atom stereocenters. The van der Waals surface area contributed by atoms with E-state index in [1.165, 1.54) is 49.0 Å². The average molecular weight is 609 g/mol. The van der Waals surface area contributed by atoms with Gasteiger partial charge in [-0.15, -0.1) is 11.8 Å². The molecule has 4 rings (SSSR count). The van der Waals surface area contributed by atoms with Gasteiger partial charge in [-0.3, -0.25) is 29.3 Å². The summed E-state index contributed by atoms with van der Waals surface area (Å²) in [5.74, 6) is -1.42. The summed E-state index contributed by atoms with van der Waals surface area (Å²) in [6, 6.07) is 27.5. The van der Waals surface area contributed by atoms with E-state index in [-0.39, 0.29) is 23.1 Å². The number of hydrogen-bond acceptors (Lipinski definition) is 7. The second-order valence-electron chi connectivity index (χ2n) is 9.59. The lowest BCUT2D eigenvalue weighted by molar-refractivity contribution is -0.384. The van der Waals surface area contributed by atoms with E-state index in [1.54, 1.807) is 85.8 Å². The number of carbonyl (C=O) groups excluding carboxylic acids is 4. The molecule has 3 N–H and O–H groups in total. The fourth-order valence-corrected chi connectivity index (χ4v) is 4.86. The molecule has 0 aliphatic heterocycles. The molecule has 0 saturated carbocycles. The number of hydrogen-bond donors (Lipinski definition) is 3. The molecular formula is C33H28N4O6S. The summed E-state index contributed by atoms with van der Waals surface area (Å²) in [7, 11) is 0. The molecule has 3 amide bonds. The van der Waals surface area contributed by atoms with E-state index in [0.717, 1.165) is 0 Å². The van der Waals surface area contributed by atoms with Crippen LogP contribution in [0, 0.1) is 10.1 Å². The van der Waals surface area contributed by atoms with Crippen LogP contribution in [0.2, 0.25) is 0 Å². The van der Waals surface area contributed by atoms with Crippen LogP contribution in [0.25, 0.3) is 6.08 Å². The standard InChI is InChI=1S/C33H28N4O6S/c1-21(38)24-13-15-26(16-14-24)34-31(39)22(2)44-29-10-6-9-27(20-29)35-33(41)30(36-32(40)25-7-4-3-5-8-25)19-23-11-17-28(18-12-23)37(42)43/h3-20,22H,1-2H3,(H,34,39)(H,35,41)(H,36,40)/b30-19+. The highest BCUT2D eigenvalue weighted by Crippen LogP contribution is 2.27. The van der Waals surface area contributed by atoms with Crippen molar-refractivity contribution in [2.75, 3.05) is 10.6 Å². The van der Waals surface area contributed by atoms with Gasteiger partial charge in [0.15, 0.2) is 5.78 Å². The number of nitro groups is 1. The van der Waals surface area contributed by atoms with Crippen LogP contribution in [0.4, 0.5) is 17.1 Å². The van der Waals surface area contributed by atoms with Gasteiger partial charge in [0.05, 0.1) is 10.2 Å².